The highest BCUT2D eigenvalue weighted by atomic mass is 35.5. The monoisotopic (exact) mass is 444 g/mol. The van der Waals surface area contributed by atoms with Gasteiger partial charge in [-0.15, -0.1) is 0 Å². The normalized spacial score (nSPS) is 13.8. The maximum Gasteiger partial charge on any atom is 0.278 e. The number of nitrogens with zero attached hydrogens (tertiary/aromatic N) is 1. The highest BCUT2D eigenvalue weighted by Crippen LogP contribution is 2.33. The van der Waals surface area contributed by atoms with Gasteiger partial charge in [-0.25, -0.2) is 0 Å². The van der Waals surface area contributed by atoms with Crippen molar-refractivity contribution in [1.82, 2.24) is 4.90 Å². The summed E-state index contributed by atoms with van der Waals surface area (Å²) < 4.78 is 0. The molecule has 0 saturated carbocycles. The lowest BCUT2D eigenvalue weighted by molar-refractivity contribution is -0.136. The zero-order chi connectivity index (χ0) is 22.8. The van der Waals surface area contributed by atoms with Crippen LogP contribution in [0, 0.1) is 20.8 Å². The number of halogens is 1. The lowest BCUT2D eigenvalue weighted by atomic mass is 9.97. The van der Waals surface area contributed by atoms with Crippen molar-refractivity contribution in [2.75, 3.05) is 11.9 Å². The Morgan fingerprint density at radius 2 is 1.59 bits per heavy atom. The van der Waals surface area contributed by atoms with Crippen LogP contribution in [0.4, 0.5) is 5.69 Å². The molecule has 0 saturated heterocycles. The molecule has 32 heavy (non-hydrogen) atoms. The molecule has 0 aliphatic carbocycles. The van der Waals surface area contributed by atoms with Crippen LogP contribution in [0.15, 0.2) is 72.4 Å². The van der Waals surface area contributed by atoms with Gasteiger partial charge in [-0.05, 0) is 61.6 Å². The Balaban J connectivity index is 1.74. The number of amides is 2. The Bertz CT molecular complexity index is 1230. The highest BCUT2D eigenvalue weighted by Gasteiger charge is 2.39. The first-order valence-corrected chi connectivity index (χ1v) is 11.0. The number of nitrogens with one attached hydrogen (secondary N) is 1. The first kappa shape index (κ1) is 21.8. The van der Waals surface area contributed by atoms with Gasteiger partial charge in [0.2, 0.25) is 0 Å². The third-order valence-corrected chi connectivity index (χ3v) is 5.98. The van der Waals surface area contributed by atoms with Crippen molar-refractivity contribution >= 4 is 34.7 Å². The standard InChI is InChI=1S/C27H25ClN2O2/c1-17-9-12-22(19(3)15-17)24-25(29-23-16-21(28)11-10-18(23)2)27(32)30(26(24)31)14-13-20-7-5-4-6-8-20/h4-12,15-16,29H,13-14H2,1-3H3. The quantitative estimate of drug-likeness (QED) is 0.496. The van der Waals surface area contributed by atoms with Crippen LogP contribution in [0.3, 0.4) is 0 Å². The summed E-state index contributed by atoms with van der Waals surface area (Å²) in [5, 5.41) is 3.79. The number of carbonyl (C=O) groups is 2. The van der Waals surface area contributed by atoms with Crippen LogP contribution in [0.5, 0.6) is 0 Å². The Labute approximate surface area is 193 Å². The first-order chi connectivity index (χ1) is 15.3. The smallest absolute Gasteiger partial charge is 0.278 e. The van der Waals surface area contributed by atoms with Crippen molar-refractivity contribution in [2.45, 2.75) is 27.2 Å². The summed E-state index contributed by atoms with van der Waals surface area (Å²) in [6, 6.07) is 21.2. The van der Waals surface area contributed by atoms with Gasteiger partial charge in [0, 0.05) is 17.3 Å². The molecule has 162 valence electrons. The van der Waals surface area contributed by atoms with Gasteiger partial charge >= 0.3 is 0 Å². The van der Waals surface area contributed by atoms with Crippen LogP contribution in [0.2, 0.25) is 5.02 Å². The summed E-state index contributed by atoms with van der Waals surface area (Å²) in [6.45, 7) is 6.22. The Morgan fingerprint density at radius 1 is 0.844 bits per heavy atom. The van der Waals surface area contributed by atoms with E-state index in [-0.39, 0.29) is 11.8 Å². The van der Waals surface area contributed by atoms with Crippen molar-refractivity contribution in [3.8, 4) is 0 Å². The molecular weight excluding hydrogens is 420 g/mol. The fraction of sp³-hybridized carbons (Fsp3) is 0.185. The van der Waals surface area contributed by atoms with E-state index in [1.807, 2.05) is 75.4 Å². The van der Waals surface area contributed by atoms with Gasteiger partial charge in [0.25, 0.3) is 11.8 Å². The first-order valence-electron chi connectivity index (χ1n) is 10.6. The maximum atomic E-state index is 13.5. The molecule has 5 heteroatoms. The number of anilines is 1. The largest absolute Gasteiger partial charge is 0.350 e. The van der Waals surface area contributed by atoms with Gasteiger partial charge in [0.15, 0.2) is 0 Å². The molecule has 4 rings (SSSR count). The Kier molecular flexibility index (Phi) is 6.15. The van der Waals surface area contributed by atoms with E-state index in [9.17, 15) is 9.59 Å². The number of benzene rings is 3. The third-order valence-electron chi connectivity index (χ3n) is 5.75. The molecule has 1 aliphatic rings. The fourth-order valence-electron chi connectivity index (χ4n) is 3.99. The highest BCUT2D eigenvalue weighted by molar-refractivity contribution is 6.37. The van der Waals surface area contributed by atoms with Crippen LogP contribution in [-0.2, 0) is 16.0 Å². The maximum absolute atomic E-state index is 13.5. The predicted octanol–water partition coefficient (Wildman–Crippen LogP) is 5.70. The summed E-state index contributed by atoms with van der Waals surface area (Å²) in [5.41, 5.74) is 6.23. The van der Waals surface area contributed by atoms with Crippen molar-refractivity contribution in [1.29, 1.82) is 0 Å². The molecule has 1 aliphatic heterocycles. The van der Waals surface area contributed by atoms with E-state index in [4.69, 9.17) is 11.6 Å². The summed E-state index contributed by atoms with van der Waals surface area (Å²) in [5.74, 6) is -0.597. The van der Waals surface area contributed by atoms with E-state index >= 15 is 0 Å². The molecule has 4 nitrogen and oxygen atoms in total. The van der Waals surface area contributed by atoms with Crippen LogP contribution in [-0.4, -0.2) is 23.3 Å². The van der Waals surface area contributed by atoms with Gasteiger partial charge in [-0.2, -0.15) is 0 Å². The molecule has 3 aromatic carbocycles. The number of hydrogen-bond donors (Lipinski definition) is 1. The molecule has 0 fully saturated rings. The van der Waals surface area contributed by atoms with E-state index in [2.05, 4.69) is 5.32 Å². The molecule has 0 spiro atoms. The van der Waals surface area contributed by atoms with E-state index in [0.717, 1.165) is 27.8 Å². The predicted molar refractivity (Wildman–Crippen MR) is 130 cm³/mol. The lowest BCUT2D eigenvalue weighted by Crippen LogP contribution is -2.34. The molecule has 0 unspecified atom stereocenters. The minimum atomic E-state index is -0.319. The van der Waals surface area contributed by atoms with Crippen molar-refractivity contribution < 1.29 is 9.59 Å². The number of carbonyl (C=O) groups excluding carboxylic acids is 2. The fourth-order valence-corrected chi connectivity index (χ4v) is 4.16. The summed E-state index contributed by atoms with van der Waals surface area (Å²) in [4.78, 5) is 28.3. The lowest BCUT2D eigenvalue weighted by Gasteiger charge is -2.16. The second kappa shape index (κ2) is 9.01. The number of imide groups is 1. The van der Waals surface area contributed by atoms with Crippen molar-refractivity contribution in [3.63, 3.8) is 0 Å². The average molecular weight is 445 g/mol. The van der Waals surface area contributed by atoms with Crippen molar-refractivity contribution in [3.05, 3.63) is 105 Å². The van der Waals surface area contributed by atoms with Gasteiger partial charge in [0.05, 0.1) is 5.57 Å². The van der Waals surface area contributed by atoms with E-state index < -0.39 is 0 Å². The number of hydrogen-bond acceptors (Lipinski definition) is 3. The zero-order valence-corrected chi connectivity index (χ0v) is 19.2. The molecule has 2 amide bonds. The second-order valence-electron chi connectivity index (χ2n) is 8.15. The molecule has 3 aromatic rings. The third kappa shape index (κ3) is 4.32. The van der Waals surface area contributed by atoms with Crippen LogP contribution < -0.4 is 5.32 Å². The molecule has 1 heterocycles. The molecule has 0 bridgehead atoms. The van der Waals surface area contributed by atoms with Crippen molar-refractivity contribution in [2.24, 2.45) is 0 Å². The van der Waals surface area contributed by atoms with Crippen LogP contribution in [0.1, 0.15) is 27.8 Å². The number of rotatable bonds is 6. The average Bonchev–Trinajstić information content (AvgIpc) is 2.99. The topological polar surface area (TPSA) is 49.4 Å². The SMILES string of the molecule is Cc1ccc(C2=C(Nc3cc(Cl)ccc3C)C(=O)N(CCc3ccccc3)C2=O)c(C)c1. The van der Waals surface area contributed by atoms with Crippen LogP contribution >= 0.6 is 11.6 Å². The van der Waals surface area contributed by atoms with Gasteiger partial charge in [0.1, 0.15) is 5.70 Å². The summed E-state index contributed by atoms with van der Waals surface area (Å²) >= 11 is 6.19. The molecule has 0 radical (unpaired) electrons. The zero-order valence-electron chi connectivity index (χ0n) is 18.4. The van der Waals surface area contributed by atoms with Gasteiger partial charge in [-0.1, -0.05) is 71.8 Å². The number of aryl methyl sites for hydroxylation is 3. The summed E-state index contributed by atoms with van der Waals surface area (Å²) in [7, 11) is 0. The second-order valence-corrected chi connectivity index (χ2v) is 8.59. The van der Waals surface area contributed by atoms with Gasteiger partial charge in [-0.3, -0.25) is 14.5 Å². The molecular formula is C27H25ClN2O2. The minimum absolute atomic E-state index is 0.278. The Hall–Kier alpha value is -3.37. The molecule has 0 atom stereocenters. The molecule has 1 N–H and O–H groups in total. The molecule has 0 aromatic heterocycles. The van der Waals surface area contributed by atoms with E-state index in [0.29, 0.717) is 34.9 Å². The van der Waals surface area contributed by atoms with Gasteiger partial charge < -0.3 is 5.32 Å². The van der Waals surface area contributed by atoms with Crippen LogP contribution in [0.25, 0.3) is 5.57 Å². The Morgan fingerprint density at radius 3 is 2.31 bits per heavy atom. The minimum Gasteiger partial charge on any atom is -0.350 e. The summed E-state index contributed by atoms with van der Waals surface area (Å²) in [6.07, 6.45) is 0.599. The van der Waals surface area contributed by atoms with E-state index in [1.54, 1.807) is 12.1 Å². The van der Waals surface area contributed by atoms with E-state index in [1.165, 1.54) is 4.90 Å².